The van der Waals surface area contributed by atoms with E-state index in [1.54, 1.807) is 18.2 Å². The number of nitrogens with zero attached hydrogens (tertiary/aromatic N) is 1. The lowest BCUT2D eigenvalue weighted by Crippen LogP contribution is -2.25. The number of para-hydroxylation sites is 2. The van der Waals surface area contributed by atoms with Crippen LogP contribution in [0.25, 0.3) is 0 Å². The maximum atomic E-state index is 11.5. The number of nitrogens with two attached hydrogens (primary N) is 1. The van der Waals surface area contributed by atoms with Crippen LogP contribution < -0.4 is 10.5 Å². The van der Waals surface area contributed by atoms with Gasteiger partial charge >= 0.3 is 0 Å². The Bertz CT molecular complexity index is 681. The third kappa shape index (κ3) is 3.39. The number of hydrogen-bond donors (Lipinski definition) is 1. The van der Waals surface area contributed by atoms with Crippen molar-refractivity contribution in [1.82, 2.24) is 0 Å². The third-order valence-electron chi connectivity index (χ3n) is 2.87. The molecule has 0 aliphatic heterocycles. The first-order chi connectivity index (χ1) is 10.1. The van der Waals surface area contributed by atoms with E-state index in [0.29, 0.717) is 17.1 Å². The highest BCUT2D eigenvalue weighted by molar-refractivity contribution is 6.45. The molecule has 108 valence electrons. The molecule has 0 saturated carbocycles. The van der Waals surface area contributed by atoms with Gasteiger partial charge in [-0.2, -0.15) is 0 Å². The largest absolute Gasteiger partial charge is 0.456 e. The van der Waals surface area contributed by atoms with Gasteiger partial charge in [-0.15, -0.1) is 0 Å². The highest BCUT2D eigenvalue weighted by Gasteiger charge is 2.17. The predicted molar refractivity (Wildman–Crippen MR) is 80.4 cm³/mol. The van der Waals surface area contributed by atoms with E-state index in [-0.39, 0.29) is 5.71 Å². The summed E-state index contributed by atoms with van der Waals surface area (Å²) < 4.78 is 5.87. The van der Waals surface area contributed by atoms with Gasteiger partial charge in [-0.3, -0.25) is 4.79 Å². The van der Waals surface area contributed by atoms with Crippen molar-refractivity contribution in [3.8, 4) is 11.5 Å². The fraction of sp³-hybridized carbons (Fsp3) is 0.125. The molecular formula is C16H16N2O3. The highest BCUT2D eigenvalue weighted by atomic mass is 16.6. The van der Waals surface area contributed by atoms with Crippen LogP contribution in [0.3, 0.4) is 0 Å². The van der Waals surface area contributed by atoms with Crippen LogP contribution in [0.2, 0.25) is 0 Å². The van der Waals surface area contributed by atoms with Gasteiger partial charge in [0.25, 0.3) is 5.91 Å². The Kier molecular flexibility index (Phi) is 4.56. The van der Waals surface area contributed by atoms with Crippen molar-refractivity contribution in [2.45, 2.75) is 6.92 Å². The number of benzene rings is 2. The second kappa shape index (κ2) is 6.56. The Balaban J connectivity index is 2.44. The van der Waals surface area contributed by atoms with Crippen LogP contribution in [0.1, 0.15) is 11.1 Å². The van der Waals surface area contributed by atoms with Gasteiger partial charge in [-0.25, -0.2) is 0 Å². The van der Waals surface area contributed by atoms with E-state index < -0.39 is 5.91 Å². The van der Waals surface area contributed by atoms with Crippen molar-refractivity contribution in [1.29, 1.82) is 0 Å². The SMILES string of the molecule is CON=C(C(N)=O)c1ccccc1Oc1ccccc1C. The maximum Gasteiger partial charge on any atom is 0.271 e. The summed E-state index contributed by atoms with van der Waals surface area (Å²) >= 11 is 0. The quantitative estimate of drug-likeness (QED) is 0.677. The molecule has 1 amide bonds. The van der Waals surface area contributed by atoms with Crippen LogP contribution in [-0.4, -0.2) is 18.7 Å². The van der Waals surface area contributed by atoms with Gasteiger partial charge in [0.2, 0.25) is 0 Å². The number of rotatable bonds is 5. The molecule has 5 heteroatoms. The fourth-order valence-electron chi connectivity index (χ4n) is 1.86. The summed E-state index contributed by atoms with van der Waals surface area (Å²) in [5.41, 5.74) is 6.82. The molecule has 2 aromatic carbocycles. The van der Waals surface area contributed by atoms with Gasteiger partial charge in [0.1, 0.15) is 18.6 Å². The minimum Gasteiger partial charge on any atom is -0.456 e. The molecule has 0 bridgehead atoms. The van der Waals surface area contributed by atoms with Crippen LogP contribution in [0.5, 0.6) is 11.5 Å². The predicted octanol–water partition coefficient (Wildman–Crippen LogP) is 2.62. The monoisotopic (exact) mass is 284 g/mol. The van der Waals surface area contributed by atoms with Gasteiger partial charge in [0.15, 0.2) is 5.71 Å². The van der Waals surface area contributed by atoms with Crippen molar-refractivity contribution in [2.75, 3.05) is 7.11 Å². The lowest BCUT2D eigenvalue weighted by atomic mass is 10.1. The molecule has 0 unspecified atom stereocenters. The molecule has 21 heavy (non-hydrogen) atoms. The van der Waals surface area contributed by atoms with Crippen LogP contribution in [0.15, 0.2) is 53.7 Å². The molecule has 0 aliphatic carbocycles. The Labute approximate surface area is 123 Å². The number of hydrogen-bond acceptors (Lipinski definition) is 4. The van der Waals surface area contributed by atoms with Crippen LogP contribution in [0, 0.1) is 6.92 Å². The zero-order valence-corrected chi connectivity index (χ0v) is 11.9. The fourth-order valence-corrected chi connectivity index (χ4v) is 1.86. The molecule has 0 atom stereocenters. The Morgan fingerprint density at radius 3 is 2.29 bits per heavy atom. The molecule has 0 heterocycles. The Morgan fingerprint density at radius 2 is 1.67 bits per heavy atom. The van der Waals surface area contributed by atoms with E-state index in [1.165, 1.54) is 7.11 Å². The van der Waals surface area contributed by atoms with Gasteiger partial charge in [0.05, 0.1) is 5.56 Å². The Hall–Kier alpha value is -2.82. The van der Waals surface area contributed by atoms with Gasteiger partial charge < -0.3 is 15.3 Å². The number of amides is 1. The number of aryl methyl sites for hydroxylation is 1. The van der Waals surface area contributed by atoms with E-state index in [1.807, 2.05) is 37.3 Å². The minimum absolute atomic E-state index is 0.0154. The topological polar surface area (TPSA) is 73.9 Å². The van der Waals surface area contributed by atoms with Crippen molar-refractivity contribution >= 4 is 11.6 Å². The molecule has 0 fully saturated rings. The molecule has 2 rings (SSSR count). The minimum atomic E-state index is -0.683. The summed E-state index contributed by atoms with van der Waals surface area (Å²) in [6, 6.07) is 14.6. The zero-order chi connectivity index (χ0) is 15.2. The van der Waals surface area contributed by atoms with E-state index in [0.717, 1.165) is 5.56 Å². The summed E-state index contributed by atoms with van der Waals surface area (Å²) in [4.78, 5) is 16.2. The third-order valence-corrected chi connectivity index (χ3v) is 2.87. The molecule has 0 aliphatic rings. The number of carbonyl (C=O) groups is 1. The molecule has 0 spiro atoms. The van der Waals surface area contributed by atoms with Crippen molar-refractivity contribution in [3.05, 3.63) is 59.7 Å². The number of ether oxygens (including phenoxy) is 1. The smallest absolute Gasteiger partial charge is 0.271 e. The summed E-state index contributed by atoms with van der Waals surface area (Å²) in [6.07, 6.45) is 0. The van der Waals surface area contributed by atoms with E-state index in [4.69, 9.17) is 10.5 Å². The number of carbonyl (C=O) groups excluding carboxylic acids is 1. The van der Waals surface area contributed by atoms with E-state index in [9.17, 15) is 4.79 Å². The standard InChI is InChI=1S/C16H16N2O3/c1-11-7-3-5-9-13(11)21-14-10-6-4-8-12(14)15(16(17)19)18-20-2/h3-10H,1-2H3,(H2,17,19). The normalized spacial score (nSPS) is 11.0. The first-order valence-corrected chi connectivity index (χ1v) is 6.37. The van der Waals surface area contributed by atoms with E-state index >= 15 is 0 Å². The molecule has 0 saturated heterocycles. The summed E-state index contributed by atoms with van der Waals surface area (Å²) in [5, 5.41) is 3.68. The lowest BCUT2D eigenvalue weighted by Gasteiger charge is -2.12. The second-order valence-electron chi connectivity index (χ2n) is 4.35. The first kappa shape index (κ1) is 14.6. The molecule has 0 aromatic heterocycles. The van der Waals surface area contributed by atoms with Crippen LogP contribution in [0.4, 0.5) is 0 Å². The highest BCUT2D eigenvalue weighted by Crippen LogP contribution is 2.28. The summed E-state index contributed by atoms with van der Waals surface area (Å²) in [5.74, 6) is 0.505. The van der Waals surface area contributed by atoms with Crippen LogP contribution in [-0.2, 0) is 9.63 Å². The lowest BCUT2D eigenvalue weighted by molar-refractivity contribution is -0.112. The zero-order valence-electron chi connectivity index (χ0n) is 11.9. The molecule has 0 radical (unpaired) electrons. The van der Waals surface area contributed by atoms with Crippen LogP contribution >= 0.6 is 0 Å². The second-order valence-corrected chi connectivity index (χ2v) is 4.35. The Morgan fingerprint density at radius 1 is 1.05 bits per heavy atom. The molecule has 2 N–H and O–H groups in total. The molecule has 5 nitrogen and oxygen atoms in total. The van der Waals surface area contributed by atoms with Gasteiger partial charge in [0, 0.05) is 0 Å². The van der Waals surface area contributed by atoms with E-state index in [2.05, 4.69) is 9.99 Å². The van der Waals surface area contributed by atoms with Crippen molar-refractivity contribution < 1.29 is 14.4 Å². The van der Waals surface area contributed by atoms with Crippen molar-refractivity contribution in [2.24, 2.45) is 10.9 Å². The first-order valence-electron chi connectivity index (χ1n) is 6.37. The maximum absolute atomic E-state index is 11.5. The van der Waals surface area contributed by atoms with Gasteiger partial charge in [-0.1, -0.05) is 35.5 Å². The average molecular weight is 284 g/mol. The van der Waals surface area contributed by atoms with Gasteiger partial charge in [-0.05, 0) is 30.7 Å². The number of primary amides is 1. The van der Waals surface area contributed by atoms with Crippen molar-refractivity contribution in [3.63, 3.8) is 0 Å². The number of oxime groups is 1. The summed E-state index contributed by atoms with van der Waals surface area (Å²) in [6.45, 7) is 1.94. The molecular weight excluding hydrogens is 268 g/mol. The summed E-state index contributed by atoms with van der Waals surface area (Å²) in [7, 11) is 1.35. The average Bonchev–Trinajstić information content (AvgIpc) is 2.48. The molecule has 2 aromatic rings.